The highest BCUT2D eigenvalue weighted by atomic mass is 16.1. The molecule has 1 atom stereocenters. The molecule has 3 heteroatoms. The first-order valence-electron chi connectivity index (χ1n) is 6.87. The maximum absolute atomic E-state index is 12.1. The Bertz CT molecular complexity index is 664. The van der Waals surface area contributed by atoms with Gasteiger partial charge in [0.05, 0.1) is 0 Å². The molecule has 3 N–H and O–H groups in total. The van der Waals surface area contributed by atoms with Crippen molar-refractivity contribution in [1.82, 2.24) is 5.32 Å². The predicted molar refractivity (Wildman–Crippen MR) is 80.8 cm³/mol. The van der Waals surface area contributed by atoms with Crippen LogP contribution in [0.2, 0.25) is 0 Å². The number of carbonyl (C=O) groups is 1. The minimum Gasteiger partial charge on any atom is -0.399 e. The zero-order valence-electron chi connectivity index (χ0n) is 11.5. The van der Waals surface area contributed by atoms with E-state index in [0.717, 1.165) is 17.7 Å². The molecule has 0 spiro atoms. The van der Waals surface area contributed by atoms with Crippen LogP contribution in [0, 0.1) is 6.92 Å². The first-order valence-corrected chi connectivity index (χ1v) is 6.87. The van der Waals surface area contributed by atoms with Gasteiger partial charge in [0.2, 0.25) is 0 Å². The molecule has 0 saturated carbocycles. The maximum atomic E-state index is 12.1. The molecule has 1 aliphatic rings. The van der Waals surface area contributed by atoms with Gasteiger partial charge in [-0.25, -0.2) is 0 Å². The van der Waals surface area contributed by atoms with Crippen molar-refractivity contribution in [2.24, 2.45) is 0 Å². The highest BCUT2D eigenvalue weighted by molar-refractivity contribution is 5.94. The Morgan fingerprint density at radius 1 is 1.30 bits per heavy atom. The van der Waals surface area contributed by atoms with Gasteiger partial charge in [0.25, 0.3) is 5.91 Å². The Hall–Kier alpha value is -2.29. The van der Waals surface area contributed by atoms with Crippen LogP contribution in [0.5, 0.6) is 0 Å². The van der Waals surface area contributed by atoms with Crippen molar-refractivity contribution in [2.45, 2.75) is 19.3 Å². The lowest BCUT2D eigenvalue weighted by molar-refractivity contribution is 0.0950. The standard InChI is InChI=1S/C17H18N2O/c1-11-8-13(6-7-16(11)18)17(20)19-10-14-9-12-4-2-3-5-15(12)14/h2-8,14H,9-10,18H2,1H3,(H,19,20). The summed E-state index contributed by atoms with van der Waals surface area (Å²) in [4.78, 5) is 12.1. The average Bonchev–Trinajstić information content (AvgIpc) is 2.42. The highest BCUT2D eigenvalue weighted by Crippen LogP contribution is 2.34. The summed E-state index contributed by atoms with van der Waals surface area (Å²) in [6.45, 7) is 2.60. The molecule has 0 saturated heterocycles. The molecule has 0 radical (unpaired) electrons. The Labute approximate surface area is 118 Å². The summed E-state index contributed by atoms with van der Waals surface area (Å²) in [5, 5.41) is 3.01. The lowest BCUT2D eigenvalue weighted by Crippen LogP contribution is -2.33. The van der Waals surface area contributed by atoms with Crippen LogP contribution in [0.3, 0.4) is 0 Å². The van der Waals surface area contributed by atoms with Gasteiger partial charge in [0.15, 0.2) is 0 Å². The normalized spacial score (nSPS) is 16.1. The van der Waals surface area contributed by atoms with E-state index in [-0.39, 0.29) is 5.91 Å². The van der Waals surface area contributed by atoms with Crippen LogP contribution in [0.4, 0.5) is 5.69 Å². The minimum atomic E-state index is -0.0301. The van der Waals surface area contributed by atoms with Crippen molar-refractivity contribution in [1.29, 1.82) is 0 Å². The highest BCUT2D eigenvalue weighted by Gasteiger charge is 2.25. The van der Waals surface area contributed by atoms with Gasteiger partial charge in [-0.3, -0.25) is 4.79 Å². The quantitative estimate of drug-likeness (QED) is 0.839. The molecule has 0 bridgehead atoms. The van der Waals surface area contributed by atoms with E-state index in [1.165, 1.54) is 11.1 Å². The fourth-order valence-electron chi connectivity index (χ4n) is 2.68. The SMILES string of the molecule is Cc1cc(C(=O)NCC2Cc3ccccc32)ccc1N. The summed E-state index contributed by atoms with van der Waals surface area (Å²) in [7, 11) is 0. The van der Waals surface area contributed by atoms with E-state index >= 15 is 0 Å². The molecular weight excluding hydrogens is 248 g/mol. The van der Waals surface area contributed by atoms with Gasteiger partial charge in [0, 0.05) is 23.7 Å². The molecule has 0 aromatic heterocycles. The Morgan fingerprint density at radius 3 is 2.85 bits per heavy atom. The van der Waals surface area contributed by atoms with E-state index in [1.54, 1.807) is 12.1 Å². The van der Waals surface area contributed by atoms with E-state index in [2.05, 4.69) is 29.6 Å². The molecule has 2 aromatic rings. The summed E-state index contributed by atoms with van der Waals surface area (Å²) in [6, 6.07) is 13.8. The van der Waals surface area contributed by atoms with Crippen LogP contribution in [0.25, 0.3) is 0 Å². The van der Waals surface area contributed by atoms with Crippen LogP contribution in [0.15, 0.2) is 42.5 Å². The molecule has 0 heterocycles. The Balaban J connectivity index is 1.62. The lowest BCUT2D eigenvalue weighted by Gasteiger charge is -2.30. The molecular formula is C17H18N2O. The van der Waals surface area contributed by atoms with Gasteiger partial charge in [-0.15, -0.1) is 0 Å². The number of benzene rings is 2. The van der Waals surface area contributed by atoms with Crippen LogP contribution in [-0.4, -0.2) is 12.5 Å². The van der Waals surface area contributed by atoms with Crippen molar-refractivity contribution < 1.29 is 4.79 Å². The van der Waals surface area contributed by atoms with Gasteiger partial charge < -0.3 is 11.1 Å². The van der Waals surface area contributed by atoms with Crippen molar-refractivity contribution in [3.8, 4) is 0 Å². The summed E-state index contributed by atoms with van der Waals surface area (Å²) < 4.78 is 0. The van der Waals surface area contributed by atoms with Crippen molar-refractivity contribution in [2.75, 3.05) is 12.3 Å². The summed E-state index contributed by atoms with van der Waals surface area (Å²) in [6.07, 6.45) is 1.05. The minimum absolute atomic E-state index is 0.0301. The summed E-state index contributed by atoms with van der Waals surface area (Å²) in [5.74, 6) is 0.419. The van der Waals surface area contributed by atoms with Gasteiger partial charge in [0.1, 0.15) is 0 Å². The number of aryl methyl sites for hydroxylation is 1. The molecule has 0 fully saturated rings. The van der Waals surface area contributed by atoms with Gasteiger partial charge in [-0.1, -0.05) is 24.3 Å². The molecule has 0 aliphatic heterocycles. The number of fused-ring (bicyclic) bond motifs is 1. The Morgan fingerprint density at radius 2 is 2.10 bits per heavy atom. The van der Waals surface area contributed by atoms with Gasteiger partial charge in [-0.2, -0.15) is 0 Å². The molecule has 1 aliphatic carbocycles. The summed E-state index contributed by atoms with van der Waals surface area (Å²) >= 11 is 0. The molecule has 102 valence electrons. The van der Waals surface area contributed by atoms with Crippen LogP contribution < -0.4 is 11.1 Å². The topological polar surface area (TPSA) is 55.1 Å². The molecule has 3 nitrogen and oxygen atoms in total. The lowest BCUT2D eigenvalue weighted by atomic mass is 9.77. The first-order chi connectivity index (χ1) is 9.65. The second-order valence-electron chi connectivity index (χ2n) is 5.38. The van der Waals surface area contributed by atoms with Crippen LogP contribution in [0.1, 0.15) is 33.0 Å². The number of rotatable bonds is 3. The number of anilines is 1. The largest absolute Gasteiger partial charge is 0.399 e. The predicted octanol–water partition coefficient (Wildman–Crippen LogP) is 2.65. The van der Waals surface area contributed by atoms with E-state index in [0.29, 0.717) is 18.0 Å². The van der Waals surface area contributed by atoms with Crippen LogP contribution in [-0.2, 0) is 6.42 Å². The van der Waals surface area contributed by atoms with E-state index in [9.17, 15) is 4.79 Å². The number of nitrogen functional groups attached to an aromatic ring is 1. The third kappa shape index (κ3) is 2.27. The van der Waals surface area contributed by atoms with Crippen LogP contribution >= 0.6 is 0 Å². The third-order valence-corrected chi connectivity index (χ3v) is 4.00. The monoisotopic (exact) mass is 266 g/mol. The number of nitrogens with one attached hydrogen (secondary N) is 1. The molecule has 2 aromatic carbocycles. The van der Waals surface area contributed by atoms with Crippen molar-refractivity contribution in [3.63, 3.8) is 0 Å². The zero-order chi connectivity index (χ0) is 14.1. The number of hydrogen-bond donors (Lipinski definition) is 2. The van der Waals surface area contributed by atoms with Crippen molar-refractivity contribution in [3.05, 3.63) is 64.7 Å². The molecule has 1 unspecified atom stereocenters. The smallest absolute Gasteiger partial charge is 0.251 e. The number of amides is 1. The third-order valence-electron chi connectivity index (χ3n) is 4.00. The maximum Gasteiger partial charge on any atom is 0.251 e. The number of nitrogens with two attached hydrogens (primary N) is 1. The van der Waals surface area contributed by atoms with E-state index in [4.69, 9.17) is 5.73 Å². The molecule has 20 heavy (non-hydrogen) atoms. The van der Waals surface area contributed by atoms with E-state index < -0.39 is 0 Å². The van der Waals surface area contributed by atoms with E-state index in [1.807, 2.05) is 13.0 Å². The first kappa shape index (κ1) is 12.7. The second-order valence-corrected chi connectivity index (χ2v) is 5.38. The van der Waals surface area contributed by atoms with Gasteiger partial charge in [-0.05, 0) is 48.2 Å². The molecule has 3 rings (SSSR count). The fraction of sp³-hybridized carbons (Fsp3) is 0.235. The second kappa shape index (κ2) is 5.00. The Kier molecular flexibility index (Phi) is 3.18. The molecule has 1 amide bonds. The fourth-order valence-corrected chi connectivity index (χ4v) is 2.68. The summed E-state index contributed by atoms with van der Waals surface area (Å²) in [5.41, 5.74) is 10.8. The van der Waals surface area contributed by atoms with Gasteiger partial charge >= 0.3 is 0 Å². The average molecular weight is 266 g/mol. The number of hydrogen-bond acceptors (Lipinski definition) is 2. The van der Waals surface area contributed by atoms with Crippen molar-refractivity contribution >= 4 is 11.6 Å². The zero-order valence-corrected chi connectivity index (χ0v) is 11.5. The number of carbonyl (C=O) groups excluding carboxylic acids is 1.